The minimum atomic E-state index is 0.842. The smallest absolute Gasteiger partial charge is 0.152 e. The molecule has 0 N–H and O–H groups in total. The van der Waals surface area contributed by atoms with Gasteiger partial charge in [0, 0.05) is 11.5 Å². The Bertz CT molecular complexity index is 385. The number of hydrogen-bond donors (Lipinski definition) is 0. The van der Waals surface area contributed by atoms with Crippen LogP contribution in [0.15, 0.2) is 30.8 Å². The zero-order valence-electron chi connectivity index (χ0n) is 6.54. The van der Waals surface area contributed by atoms with Crippen molar-refractivity contribution in [1.82, 2.24) is 0 Å². The van der Waals surface area contributed by atoms with E-state index in [0.717, 1.165) is 11.1 Å². The highest BCUT2D eigenvalue weighted by atomic mass is 14.2. The van der Waals surface area contributed by atoms with Crippen LogP contribution in [0.4, 0.5) is 0 Å². The quantitative estimate of drug-likeness (QED) is 0.567. The molecule has 0 unspecified atom stereocenters. The fourth-order valence-corrected chi connectivity index (χ4v) is 0.884. The summed E-state index contributed by atoms with van der Waals surface area (Å²) in [5, 5.41) is 8.24. The van der Waals surface area contributed by atoms with E-state index in [2.05, 4.69) is 18.4 Å². The molecule has 1 nitrogen and oxygen atoms in total. The van der Waals surface area contributed by atoms with E-state index >= 15 is 0 Å². The van der Waals surface area contributed by atoms with E-state index in [4.69, 9.17) is 5.26 Å². The summed E-state index contributed by atoms with van der Waals surface area (Å²) in [6.07, 6.45) is 1.72. The highest BCUT2D eigenvalue weighted by molar-refractivity contribution is 5.58. The lowest BCUT2D eigenvalue weighted by Crippen LogP contribution is -1.79. The summed E-state index contributed by atoms with van der Waals surface area (Å²) in [4.78, 5) is 0. The molecule has 0 aromatic heterocycles. The van der Waals surface area contributed by atoms with Gasteiger partial charge in [-0.3, -0.25) is 0 Å². The van der Waals surface area contributed by atoms with Gasteiger partial charge in [-0.15, -0.1) is 0 Å². The molecular formula is C11H7N. The molecule has 0 fully saturated rings. The third kappa shape index (κ3) is 1.75. The average molecular weight is 153 g/mol. The van der Waals surface area contributed by atoms with Gasteiger partial charge < -0.3 is 0 Å². The first-order valence-corrected chi connectivity index (χ1v) is 3.50. The van der Waals surface area contributed by atoms with Crippen LogP contribution in [-0.2, 0) is 0 Å². The lowest BCUT2D eigenvalue weighted by atomic mass is 10.1. The van der Waals surface area contributed by atoms with Crippen molar-refractivity contribution in [2.75, 3.05) is 0 Å². The summed E-state index contributed by atoms with van der Waals surface area (Å²) in [5.41, 5.74) is 1.80. The zero-order chi connectivity index (χ0) is 8.81. The minimum Gasteiger partial charge on any atom is -0.183 e. The second-order valence-electron chi connectivity index (χ2n) is 2.15. The molecule has 0 aliphatic heterocycles. The first kappa shape index (κ1) is 8.11. The van der Waals surface area contributed by atoms with Crippen LogP contribution in [0.2, 0.25) is 0 Å². The van der Waals surface area contributed by atoms with Gasteiger partial charge in [0.1, 0.15) is 0 Å². The molecule has 0 amide bonds. The highest BCUT2D eigenvalue weighted by Gasteiger charge is 1.91. The van der Waals surface area contributed by atoms with Gasteiger partial charge in [0.05, 0.1) is 0 Å². The Labute approximate surface area is 72.0 Å². The summed E-state index contributed by atoms with van der Waals surface area (Å²) < 4.78 is 0. The van der Waals surface area contributed by atoms with E-state index < -0.39 is 0 Å². The van der Waals surface area contributed by atoms with Gasteiger partial charge in [-0.25, -0.2) is 0 Å². The Hall–Kier alpha value is -1.99. The fourth-order valence-electron chi connectivity index (χ4n) is 0.884. The Morgan fingerprint density at radius 3 is 2.75 bits per heavy atom. The summed E-state index contributed by atoms with van der Waals surface area (Å²) in [6, 6.07) is 9.34. The van der Waals surface area contributed by atoms with Gasteiger partial charge in [-0.2, -0.15) is 5.26 Å². The van der Waals surface area contributed by atoms with Crippen LogP contribution in [0.5, 0.6) is 0 Å². The molecule has 1 heteroatoms. The molecule has 0 saturated heterocycles. The third-order valence-electron chi connectivity index (χ3n) is 1.43. The summed E-state index contributed by atoms with van der Waals surface area (Å²) in [7, 11) is 0. The maximum Gasteiger partial charge on any atom is 0.152 e. The number of hydrogen-bond acceptors (Lipinski definition) is 1. The van der Waals surface area contributed by atoms with Crippen molar-refractivity contribution in [3.8, 4) is 17.9 Å². The Morgan fingerprint density at radius 1 is 1.33 bits per heavy atom. The molecule has 56 valence electrons. The first-order chi connectivity index (χ1) is 5.88. The van der Waals surface area contributed by atoms with Crippen LogP contribution in [0.1, 0.15) is 11.1 Å². The van der Waals surface area contributed by atoms with E-state index in [1.165, 1.54) is 0 Å². The number of nitriles is 1. The lowest BCUT2D eigenvalue weighted by molar-refractivity contribution is 1.54. The fraction of sp³-hybridized carbons (Fsp3) is 0. The van der Waals surface area contributed by atoms with E-state index in [9.17, 15) is 0 Å². The summed E-state index contributed by atoms with van der Waals surface area (Å²) >= 11 is 0. The largest absolute Gasteiger partial charge is 0.183 e. The molecule has 0 heterocycles. The number of nitrogens with zero attached hydrogens (tertiary/aromatic N) is 1. The molecule has 1 aromatic rings. The standard InChI is InChI=1S/C11H7N/c1-2-10-6-3-4-7-11(10)8-5-9-12/h2-4,6-7H,1H2. The molecule has 0 atom stereocenters. The number of benzene rings is 1. The maximum atomic E-state index is 8.24. The molecule has 0 spiro atoms. The lowest BCUT2D eigenvalue weighted by Gasteiger charge is -1.94. The minimum absolute atomic E-state index is 0.842. The molecule has 1 rings (SSSR count). The van der Waals surface area contributed by atoms with E-state index in [1.54, 1.807) is 12.1 Å². The molecule has 12 heavy (non-hydrogen) atoms. The van der Waals surface area contributed by atoms with Crippen LogP contribution >= 0.6 is 0 Å². The van der Waals surface area contributed by atoms with Gasteiger partial charge >= 0.3 is 0 Å². The monoisotopic (exact) mass is 153 g/mol. The van der Waals surface area contributed by atoms with Crippen LogP contribution in [0.3, 0.4) is 0 Å². The highest BCUT2D eigenvalue weighted by Crippen LogP contribution is 2.07. The molecule has 0 radical (unpaired) electrons. The van der Waals surface area contributed by atoms with E-state index in [1.807, 2.05) is 24.3 Å². The van der Waals surface area contributed by atoms with Crippen LogP contribution in [0.25, 0.3) is 6.08 Å². The van der Waals surface area contributed by atoms with Gasteiger partial charge in [-0.1, -0.05) is 36.8 Å². The van der Waals surface area contributed by atoms with Crippen LogP contribution < -0.4 is 0 Å². The van der Waals surface area contributed by atoms with Gasteiger partial charge in [0.15, 0.2) is 6.07 Å². The van der Waals surface area contributed by atoms with Gasteiger partial charge in [0.2, 0.25) is 0 Å². The maximum absolute atomic E-state index is 8.24. The Morgan fingerprint density at radius 2 is 2.08 bits per heavy atom. The van der Waals surface area contributed by atoms with E-state index in [0.29, 0.717) is 0 Å². The van der Waals surface area contributed by atoms with Crippen molar-refractivity contribution in [1.29, 1.82) is 5.26 Å². The third-order valence-corrected chi connectivity index (χ3v) is 1.43. The topological polar surface area (TPSA) is 23.8 Å². The first-order valence-electron chi connectivity index (χ1n) is 3.50. The molecular weight excluding hydrogens is 146 g/mol. The number of rotatable bonds is 1. The van der Waals surface area contributed by atoms with Crippen LogP contribution in [0, 0.1) is 23.2 Å². The summed E-state index contributed by atoms with van der Waals surface area (Å²) in [6.45, 7) is 3.65. The zero-order valence-corrected chi connectivity index (χ0v) is 6.54. The molecule has 0 bridgehead atoms. The molecule has 0 aliphatic rings. The van der Waals surface area contributed by atoms with Gasteiger partial charge in [0.25, 0.3) is 0 Å². The normalized spacial score (nSPS) is 7.58. The molecule has 1 aromatic carbocycles. The van der Waals surface area contributed by atoms with E-state index in [-0.39, 0.29) is 0 Å². The van der Waals surface area contributed by atoms with Crippen molar-refractivity contribution in [3.63, 3.8) is 0 Å². The van der Waals surface area contributed by atoms with Crippen molar-refractivity contribution in [2.45, 2.75) is 0 Å². The Kier molecular flexibility index (Phi) is 2.71. The predicted molar refractivity (Wildman–Crippen MR) is 49.0 cm³/mol. The SMILES string of the molecule is C=Cc1ccccc1C#CC#N. The van der Waals surface area contributed by atoms with Crippen molar-refractivity contribution >= 4 is 6.08 Å². The molecule has 0 aliphatic carbocycles. The average Bonchev–Trinajstić information content (AvgIpc) is 2.15. The predicted octanol–water partition coefficient (Wildman–Crippen LogP) is 2.20. The summed E-state index contributed by atoms with van der Waals surface area (Å²) in [5.74, 6) is 5.08. The Balaban J connectivity index is 3.15. The second-order valence-corrected chi connectivity index (χ2v) is 2.15. The van der Waals surface area contributed by atoms with Gasteiger partial charge in [-0.05, 0) is 11.6 Å². The van der Waals surface area contributed by atoms with Crippen molar-refractivity contribution < 1.29 is 0 Å². The second kappa shape index (κ2) is 4.01. The molecule has 0 saturated carbocycles. The van der Waals surface area contributed by atoms with Crippen molar-refractivity contribution in [3.05, 3.63) is 42.0 Å². The van der Waals surface area contributed by atoms with Crippen molar-refractivity contribution in [2.24, 2.45) is 0 Å². The van der Waals surface area contributed by atoms with Crippen LogP contribution in [-0.4, -0.2) is 0 Å².